The van der Waals surface area contributed by atoms with Crippen molar-refractivity contribution in [1.82, 2.24) is 14.5 Å². The van der Waals surface area contributed by atoms with Crippen molar-refractivity contribution in [2.24, 2.45) is 5.92 Å². The molecule has 0 radical (unpaired) electrons. The summed E-state index contributed by atoms with van der Waals surface area (Å²) < 4.78 is 26.6. The minimum atomic E-state index is -3.59. The smallest absolute Gasteiger partial charge is 0.246 e. The molecule has 1 heterocycles. The molecular weight excluding hydrogens is 278 g/mol. The largest absolute Gasteiger partial charge is 0.390 e. The minimum absolute atomic E-state index is 0.123. The number of aromatic nitrogens is 2. The van der Waals surface area contributed by atoms with Gasteiger partial charge in [-0.25, -0.2) is 12.7 Å². The molecule has 2 rings (SSSR count). The predicted molar refractivity (Wildman–Crippen MR) is 75.6 cm³/mol. The van der Waals surface area contributed by atoms with Crippen LogP contribution in [0.1, 0.15) is 43.5 Å². The molecule has 0 atom stereocenters. The highest BCUT2D eigenvalue weighted by molar-refractivity contribution is 7.89. The molecule has 1 saturated carbocycles. The summed E-state index contributed by atoms with van der Waals surface area (Å²) in [6.07, 6.45) is 5.81. The molecule has 1 fully saturated rings. The van der Waals surface area contributed by atoms with Crippen molar-refractivity contribution in [2.75, 3.05) is 13.6 Å². The first-order valence-electron chi connectivity index (χ1n) is 7.08. The molecule has 1 aromatic rings. The number of aliphatic hydroxyl groups is 1. The lowest BCUT2D eigenvalue weighted by Gasteiger charge is -2.26. The van der Waals surface area contributed by atoms with E-state index in [0.29, 0.717) is 18.2 Å². The van der Waals surface area contributed by atoms with E-state index in [1.54, 1.807) is 14.0 Å². The molecule has 1 aliphatic rings. The molecule has 114 valence electrons. The summed E-state index contributed by atoms with van der Waals surface area (Å²) in [6, 6.07) is 0. The van der Waals surface area contributed by atoms with Gasteiger partial charge >= 0.3 is 0 Å². The SMILES string of the molecule is Cc1[nH]nc(CO)c1S(=O)(=O)N(C)CC1CCCCC1. The molecule has 7 heteroatoms. The summed E-state index contributed by atoms with van der Waals surface area (Å²) in [7, 11) is -1.98. The second kappa shape index (κ2) is 6.24. The summed E-state index contributed by atoms with van der Waals surface area (Å²) in [5.41, 5.74) is 0.669. The van der Waals surface area contributed by atoms with Crippen LogP contribution in [0.15, 0.2) is 4.90 Å². The maximum absolute atomic E-state index is 12.6. The van der Waals surface area contributed by atoms with Gasteiger partial charge in [-0.15, -0.1) is 0 Å². The molecule has 0 aliphatic heterocycles. The number of hydrogen-bond donors (Lipinski definition) is 2. The zero-order valence-corrected chi connectivity index (χ0v) is 12.9. The Bertz CT molecular complexity index is 547. The lowest BCUT2D eigenvalue weighted by atomic mass is 9.89. The van der Waals surface area contributed by atoms with Crippen LogP contribution in [0.5, 0.6) is 0 Å². The van der Waals surface area contributed by atoms with Crippen molar-refractivity contribution in [3.8, 4) is 0 Å². The van der Waals surface area contributed by atoms with E-state index in [1.807, 2.05) is 0 Å². The van der Waals surface area contributed by atoms with Gasteiger partial charge in [0.15, 0.2) is 0 Å². The highest BCUT2D eigenvalue weighted by atomic mass is 32.2. The van der Waals surface area contributed by atoms with E-state index in [1.165, 1.54) is 23.6 Å². The van der Waals surface area contributed by atoms with E-state index in [9.17, 15) is 13.5 Å². The van der Waals surface area contributed by atoms with Crippen molar-refractivity contribution < 1.29 is 13.5 Å². The van der Waals surface area contributed by atoms with Crippen molar-refractivity contribution >= 4 is 10.0 Å². The molecule has 0 unspecified atom stereocenters. The Morgan fingerprint density at radius 3 is 2.60 bits per heavy atom. The van der Waals surface area contributed by atoms with Gasteiger partial charge < -0.3 is 5.11 Å². The van der Waals surface area contributed by atoms with Gasteiger partial charge in [0.25, 0.3) is 0 Å². The average Bonchev–Trinajstić information content (AvgIpc) is 2.81. The molecule has 0 spiro atoms. The predicted octanol–water partition coefficient (Wildman–Crippen LogP) is 1.41. The molecule has 20 heavy (non-hydrogen) atoms. The number of aryl methyl sites for hydroxylation is 1. The number of sulfonamides is 1. The van der Waals surface area contributed by atoms with Gasteiger partial charge in [0, 0.05) is 13.6 Å². The topological polar surface area (TPSA) is 86.3 Å². The molecule has 1 aromatic heterocycles. The third-order valence-corrected chi connectivity index (χ3v) is 6.05. The van der Waals surface area contributed by atoms with Gasteiger partial charge in [0.1, 0.15) is 10.6 Å². The van der Waals surface area contributed by atoms with Crippen molar-refractivity contribution in [3.63, 3.8) is 0 Å². The minimum Gasteiger partial charge on any atom is -0.390 e. The number of nitrogens with one attached hydrogen (secondary N) is 1. The van der Waals surface area contributed by atoms with Gasteiger partial charge in [0.2, 0.25) is 10.0 Å². The van der Waals surface area contributed by atoms with Crippen molar-refractivity contribution in [1.29, 1.82) is 0 Å². The molecule has 2 N–H and O–H groups in total. The molecule has 1 aliphatic carbocycles. The number of aliphatic hydroxyl groups excluding tert-OH is 1. The molecule has 0 amide bonds. The Labute approximate surface area is 120 Å². The number of H-pyrrole nitrogens is 1. The fraction of sp³-hybridized carbons (Fsp3) is 0.769. The van der Waals surface area contributed by atoms with Gasteiger partial charge in [-0.05, 0) is 25.7 Å². The maximum Gasteiger partial charge on any atom is 0.246 e. The van der Waals surface area contributed by atoms with Crippen LogP contribution in [-0.4, -0.2) is 41.6 Å². The van der Waals surface area contributed by atoms with Crippen LogP contribution in [0.25, 0.3) is 0 Å². The highest BCUT2D eigenvalue weighted by Gasteiger charge is 2.30. The zero-order chi connectivity index (χ0) is 14.8. The van der Waals surface area contributed by atoms with E-state index in [2.05, 4.69) is 10.2 Å². The third-order valence-electron chi connectivity index (χ3n) is 4.02. The summed E-state index contributed by atoms with van der Waals surface area (Å²) in [6.45, 7) is 1.82. The number of nitrogens with zero attached hydrogens (tertiary/aromatic N) is 2. The van der Waals surface area contributed by atoms with Gasteiger partial charge in [-0.3, -0.25) is 5.10 Å². The maximum atomic E-state index is 12.6. The van der Waals surface area contributed by atoms with Gasteiger partial charge in [0.05, 0.1) is 12.3 Å². The fourth-order valence-electron chi connectivity index (χ4n) is 2.91. The Morgan fingerprint density at radius 2 is 2.00 bits per heavy atom. The Balaban J connectivity index is 2.18. The Morgan fingerprint density at radius 1 is 1.35 bits per heavy atom. The van der Waals surface area contributed by atoms with Gasteiger partial charge in [-0.2, -0.15) is 5.10 Å². The summed E-state index contributed by atoms with van der Waals surface area (Å²) in [4.78, 5) is 0.123. The van der Waals surface area contributed by atoms with E-state index in [-0.39, 0.29) is 17.2 Å². The van der Waals surface area contributed by atoms with Crippen LogP contribution in [0.2, 0.25) is 0 Å². The molecule has 0 bridgehead atoms. The zero-order valence-electron chi connectivity index (χ0n) is 12.1. The van der Waals surface area contributed by atoms with Crippen LogP contribution >= 0.6 is 0 Å². The summed E-state index contributed by atoms with van der Waals surface area (Å²) in [5.74, 6) is 0.438. The van der Waals surface area contributed by atoms with Crippen LogP contribution in [0, 0.1) is 12.8 Å². The second-order valence-corrected chi connectivity index (χ2v) is 7.55. The third kappa shape index (κ3) is 3.05. The molecule has 0 aromatic carbocycles. The first kappa shape index (κ1) is 15.5. The molecule has 0 saturated heterocycles. The van der Waals surface area contributed by atoms with E-state index >= 15 is 0 Å². The van der Waals surface area contributed by atoms with Crippen molar-refractivity contribution in [3.05, 3.63) is 11.4 Å². The first-order valence-corrected chi connectivity index (χ1v) is 8.52. The number of rotatable bonds is 5. The lowest BCUT2D eigenvalue weighted by molar-refractivity contribution is 0.272. The van der Waals surface area contributed by atoms with E-state index in [0.717, 1.165) is 12.8 Å². The van der Waals surface area contributed by atoms with Crippen molar-refractivity contribution in [2.45, 2.75) is 50.5 Å². The number of aromatic amines is 1. The Kier molecular flexibility index (Phi) is 4.82. The fourth-order valence-corrected chi connectivity index (χ4v) is 4.47. The Hall–Kier alpha value is -0.920. The quantitative estimate of drug-likeness (QED) is 0.861. The lowest BCUT2D eigenvalue weighted by Crippen LogP contribution is -2.33. The van der Waals surface area contributed by atoms with Crippen LogP contribution in [0.4, 0.5) is 0 Å². The molecular formula is C13H23N3O3S. The second-order valence-electron chi connectivity index (χ2n) is 5.57. The van der Waals surface area contributed by atoms with E-state index in [4.69, 9.17) is 0 Å². The summed E-state index contributed by atoms with van der Waals surface area (Å²) in [5, 5.41) is 15.7. The summed E-state index contributed by atoms with van der Waals surface area (Å²) >= 11 is 0. The van der Waals surface area contributed by atoms with Crippen LogP contribution < -0.4 is 0 Å². The van der Waals surface area contributed by atoms with Crippen LogP contribution in [-0.2, 0) is 16.6 Å². The number of hydrogen-bond acceptors (Lipinski definition) is 4. The highest BCUT2D eigenvalue weighted by Crippen LogP contribution is 2.27. The van der Waals surface area contributed by atoms with Crippen LogP contribution in [0.3, 0.4) is 0 Å². The normalized spacial score (nSPS) is 17.8. The monoisotopic (exact) mass is 301 g/mol. The average molecular weight is 301 g/mol. The molecule has 6 nitrogen and oxygen atoms in total. The van der Waals surface area contributed by atoms with Gasteiger partial charge in [-0.1, -0.05) is 19.3 Å². The van der Waals surface area contributed by atoms with E-state index < -0.39 is 10.0 Å². The first-order chi connectivity index (χ1) is 9.46. The standard InChI is InChI=1S/C13H23N3O3S/c1-10-13(12(9-17)15-14-10)20(18,19)16(2)8-11-6-4-3-5-7-11/h11,17H,3-9H2,1-2H3,(H,14,15).